The summed E-state index contributed by atoms with van der Waals surface area (Å²) >= 11 is 6.01. The van der Waals surface area contributed by atoms with Crippen molar-refractivity contribution in [1.82, 2.24) is 19.6 Å². The fourth-order valence-electron chi connectivity index (χ4n) is 4.89. The summed E-state index contributed by atoms with van der Waals surface area (Å²) < 4.78 is 83.6. The summed E-state index contributed by atoms with van der Waals surface area (Å²) in [5.74, 6) is -0.213. The minimum atomic E-state index is -4.79. The van der Waals surface area contributed by atoms with E-state index in [1.54, 1.807) is 12.3 Å². The van der Waals surface area contributed by atoms with Crippen molar-refractivity contribution in [3.8, 4) is 5.75 Å². The van der Waals surface area contributed by atoms with Crippen molar-refractivity contribution in [1.29, 1.82) is 0 Å². The van der Waals surface area contributed by atoms with Crippen LogP contribution in [0.25, 0.3) is 5.65 Å². The number of anilines is 2. The molecule has 0 spiro atoms. The van der Waals surface area contributed by atoms with Crippen LogP contribution < -0.4 is 15.0 Å². The Kier molecular flexibility index (Phi) is 5.85. The van der Waals surface area contributed by atoms with Gasteiger partial charge in [-0.25, -0.2) is 9.50 Å². The summed E-state index contributed by atoms with van der Waals surface area (Å²) in [6, 6.07) is 4.99. The first-order chi connectivity index (χ1) is 16.5. The predicted molar refractivity (Wildman–Crippen MR) is 115 cm³/mol. The van der Waals surface area contributed by atoms with E-state index < -0.39 is 36.1 Å². The van der Waals surface area contributed by atoms with Gasteiger partial charge in [-0.15, -0.1) is 5.10 Å². The average Bonchev–Trinajstić information content (AvgIpc) is 3.27. The van der Waals surface area contributed by atoms with E-state index in [9.17, 15) is 26.3 Å². The van der Waals surface area contributed by atoms with E-state index >= 15 is 0 Å². The molecular weight excluding hydrogens is 502 g/mol. The molecule has 0 amide bonds. The molecule has 4 heterocycles. The second-order valence-corrected chi connectivity index (χ2v) is 9.05. The van der Waals surface area contributed by atoms with Gasteiger partial charge in [-0.2, -0.15) is 31.3 Å². The van der Waals surface area contributed by atoms with Gasteiger partial charge in [0.15, 0.2) is 18.0 Å². The second-order valence-electron chi connectivity index (χ2n) is 8.66. The molecule has 2 fully saturated rings. The molecule has 1 N–H and O–H groups in total. The lowest BCUT2D eigenvalue weighted by molar-refractivity contribution is -0.153. The molecule has 0 radical (unpaired) electrons. The van der Waals surface area contributed by atoms with Crippen LogP contribution in [-0.4, -0.2) is 51.5 Å². The topological polar surface area (TPSA) is 67.6 Å². The van der Waals surface area contributed by atoms with Crippen LogP contribution in [0.1, 0.15) is 18.5 Å². The van der Waals surface area contributed by atoms with E-state index in [0.717, 1.165) is 24.6 Å². The SMILES string of the molecule is FC(F)(F)COc1ccc(C(F)(F)F)n2nc(NC3[C@@H]4CC[C@H]3CN(c3ccnc(Cl)c3)C4)nc12. The lowest BCUT2D eigenvalue weighted by Crippen LogP contribution is -2.48. The zero-order valence-electron chi connectivity index (χ0n) is 17.9. The molecule has 1 saturated carbocycles. The van der Waals surface area contributed by atoms with Gasteiger partial charge in [0, 0.05) is 31.0 Å². The molecule has 188 valence electrons. The monoisotopic (exact) mass is 520 g/mol. The highest BCUT2D eigenvalue weighted by molar-refractivity contribution is 6.29. The molecule has 5 rings (SSSR count). The van der Waals surface area contributed by atoms with Crippen molar-refractivity contribution in [2.45, 2.75) is 31.2 Å². The normalized spacial score (nSPS) is 22.6. The smallest absolute Gasteiger partial charge is 0.433 e. The maximum Gasteiger partial charge on any atom is 0.433 e. The Balaban J connectivity index is 1.40. The number of ether oxygens (including phenoxy) is 1. The van der Waals surface area contributed by atoms with Crippen molar-refractivity contribution in [2.24, 2.45) is 11.8 Å². The number of piperidine rings is 1. The lowest BCUT2D eigenvalue weighted by atomic mass is 9.92. The van der Waals surface area contributed by atoms with Crippen molar-refractivity contribution < 1.29 is 31.1 Å². The largest absolute Gasteiger partial charge is 0.480 e. The Morgan fingerprint density at radius 3 is 2.40 bits per heavy atom. The van der Waals surface area contributed by atoms with Crippen LogP contribution in [0.4, 0.5) is 38.0 Å². The third kappa shape index (κ3) is 4.91. The third-order valence-corrected chi connectivity index (χ3v) is 6.54. The van der Waals surface area contributed by atoms with E-state index in [1.165, 1.54) is 0 Å². The highest BCUT2D eigenvalue weighted by Gasteiger charge is 2.43. The van der Waals surface area contributed by atoms with Gasteiger partial charge in [0.05, 0.1) is 0 Å². The quantitative estimate of drug-likeness (QED) is 0.374. The number of hydrogen-bond donors (Lipinski definition) is 1. The Morgan fingerprint density at radius 1 is 1.06 bits per heavy atom. The molecular formula is C21H19ClF6N6O. The van der Waals surface area contributed by atoms with Gasteiger partial charge in [0.2, 0.25) is 5.95 Å². The molecule has 14 heteroatoms. The van der Waals surface area contributed by atoms with Crippen LogP contribution in [0.5, 0.6) is 5.75 Å². The maximum absolute atomic E-state index is 13.5. The second kappa shape index (κ2) is 8.61. The molecule has 1 aliphatic carbocycles. The molecule has 0 aromatic carbocycles. The molecule has 7 nitrogen and oxygen atoms in total. The summed E-state index contributed by atoms with van der Waals surface area (Å²) in [6.45, 7) is -0.281. The van der Waals surface area contributed by atoms with E-state index in [0.29, 0.717) is 28.8 Å². The van der Waals surface area contributed by atoms with E-state index in [2.05, 4.69) is 25.3 Å². The molecule has 35 heavy (non-hydrogen) atoms. The fraction of sp³-hybridized carbons (Fsp3) is 0.476. The first-order valence-corrected chi connectivity index (χ1v) is 11.2. The van der Waals surface area contributed by atoms with E-state index in [4.69, 9.17) is 16.3 Å². The number of halogens is 7. The lowest BCUT2D eigenvalue weighted by Gasteiger charge is -2.39. The number of hydrogen-bond acceptors (Lipinski definition) is 6. The minimum absolute atomic E-state index is 0.0964. The maximum atomic E-state index is 13.5. The number of nitrogens with zero attached hydrogens (tertiary/aromatic N) is 5. The average molecular weight is 521 g/mol. The molecule has 1 unspecified atom stereocenters. The highest BCUT2D eigenvalue weighted by atomic mass is 35.5. The zero-order valence-corrected chi connectivity index (χ0v) is 18.7. The number of rotatable bonds is 5. The van der Waals surface area contributed by atoms with Crippen LogP contribution >= 0.6 is 11.6 Å². The molecule has 1 saturated heterocycles. The predicted octanol–water partition coefficient (Wildman–Crippen LogP) is 5.06. The standard InChI is InChI=1S/C21H19ClF6N6O/c22-16-7-13(5-6-29-16)33-8-11-1-2-12(9-33)17(11)30-19-31-18-14(35-10-20(23,24)25)3-4-15(21(26,27)28)34(18)32-19/h3-7,11-12,17H,1-2,8-10H2,(H,30,32)/t11-,12+,17?. The zero-order chi connectivity index (χ0) is 25.0. The minimum Gasteiger partial charge on any atom is -0.480 e. The van der Waals surface area contributed by atoms with Gasteiger partial charge in [-0.3, -0.25) is 0 Å². The van der Waals surface area contributed by atoms with Gasteiger partial charge in [0.1, 0.15) is 10.8 Å². The molecule has 3 atom stereocenters. The first kappa shape index (κ1) is 23.8. The molecule has 1 aliphatic heterocycles. The van der Waals surface area contributed by atoms with Gasteiger partial charge in [-0.1, -0.05) is 11.6 Å². The summed E-state index contributed by atoms with van der Waals surface area (Å²) in [6.07, 6.45) is -6.02. The Bertz CT molecular complexity index is 1220. The van der Waals surface area contributed by atoms with Crippen molar-refractivity contribution >= 4 is 28.9 Å². The van der Waals surface area contributed by atoms with Crippen LogP contribution in [0, 0.1) is 11.8 Å². The summed E-state index contributed by atoms with van der Waals surface area (Å²) in [4.78, 5) is 10.3. The first-order valence-electron chi connectivity index (χ1n) is 10.8. The van der Waals surface area contributed by atoms with Crippen molar-refractivity contribution in [2.75, 3.05) is 29.9 Å². The molecule has 2 bridgehead atoms. The van der Waals surface area contributed by atoms with Gasteiger partial charge < -0.3 is 15.0 Å². The van der Waals surface area contributed by atoms with Crippen LogP contribution in [0.2, 0.25) is 5.15 Å². The van der Waals surface area contributed by atoms with Crippen molar-refractivity contribution in [3.05, 3.63) is 41.3 Å². The highest BCUT2D eigenvalue weighted by Crippen LogP contribution is 2.40. The van der Waals surface area contributed by atoms with Crippen LogP contribution in [-0.2, 0) is 6.18 Å². The Morgan fingerprint density at radius 2 is 1.77 bits per heavy atom. The molecule has 3 aromatic heterocycles. The van der Waals surface area contributed by atoms with Crippen LogP contribution in [0.15, 0.2) is 30.5 Å². The Labute approximate surface area is 200 Å². The van der Waals surface area contributed by atoms with Gasteiger partial charge >= 0.3 is 12.4 Å². The van der Waals surface area contributed by atoms with Gasteiger partial charge in [0.25, 0.3) is 0 Å². The summed E-state index contributed by atoms with van der Waals surface area (Å²) in [5.41, 5.74) is -0.671. The summed E-state index contributed by atoms with van der Waals surface area (Å²) in [5, 5.41) is 7.46. The molecule has 3 aromatic rings. The number of pyridine rings is 2. The number of aromatic nitrogens is 4. The summed E-state index contributed by atoms with van der Waals surface area (Å²) in [7, 11) is 0. The van der Waals surface area contributed by atoms with Crippen molar-refractivity contribution in [3.63, 3.8) is 0 Å². The van der Waals surface area contributed by atoms with Gasteiger partial charge in [-0.05, 0) is 48.9 Å². The fourth-order valence-corrected chi connectivity index (χ4v) is 5.06. The number of nitrogens with one attached hydrogen (secondary N) is 1. The van der Waals surface area contributed by atoms with Crippen LogP contribution in [0.3, 0.4) is 0 Å². The van der Waals surface area contributed by atoms with E-state index in [1.807, 2.05) is 6.07 Å². The number of fused-ring (bicyclic) bond motifs is 3. The third-order valence-electron chi connectivity index (χ3n) is 6.33. The number of alkyl halides is 6. The molecule has 2 aliphatic rings. The Hall–Kier alpha value is -2.96. The van der Waals surface area contributed by atoms with E-state index in [-0.39, 0.29) is 23.8 Å².